The summed E-state index contributed by atoms with van der Waals surface area (Å²) in [5, 5.41) is 0.869. The van der Waals surface area contributed by atoms with Crippen LogP contribution < -0.4 is 18.6 Å². The molecule has 19 heteroatoms. The van der Waals surface area contributed by atoms with Crippen molar-refractivity contribution in [1.82, 2.24) is 9.97 Å². The van der Waals surface area contributed by atoms with Crippen LogP contribution in [0.2, 0.25) is 53.9 Å². The van der Waals surface area contributed by atoms with Crippen molar-refractivity contribution in [2.75, 3.05) is 33.2 Å². The van der Waals surface area contributed by atoms with Crippen LogP contribution in [-0.2, 0) is 45.5 Å². The first kappa shape index (κ1) is 60.9. The van der Waals surface area contributed by atoms with Crippen LogP contribution >= 0.6 is 34.5 Å². The van der Waals surface area contributed by atoms with E-state index < -0.39 is 50.3 Å². The Balaban J connectivity index is 1.44. The molecule has 0 aliphatic heterocycles. The van der Waals surface area contributed by atoms with Gasteiger partial charge in [0.2, 0.25) is 20.3 Å². The molecule has 0 saturated heterocycles. The van der Waals surface area contributed by atoms with Gasteiger partial charge >= 0.3 is 5.97 Å². The number of nitrogens with zero attached hydrogens (tertiary/aromatic N) is 2. The van der Waals surface area contributed by atoms with Gasteiger partial charge in [-0.3, -0.25) is 4.18 Å². The molecular weight excluding hydrogens is 1080 g/mol. The van der Waals surface area contributed by atoms with Crippen LogP contribution in [-0.4, -0.2) is 91.8 Å². The van der Waals surface area contributed by atoms with E-state index in [1.165, 1.54) is 17.7 Å². The zero-order valence-electron chi connectivity index (χ0n) is 46.4. The van der Waals surface area contributed by atoms with Gasteiger partial charge in [0.25, 0.3) is 10.1 Å². The Morgan fingerprint density at radius 2 is 1.61 bits per heavy atom. The highest BCUT2D eigenvalue weighted by atomic mass is 35.5. The van der Waals surface area contributed by atoms with E-state index in [0.717, 1.165) is 41.3 Å². The molecule has 5 aromatic rings. The number of fused-ring (bicyclic) bond motifs is 1. The molecule has 2 atom stereocenters. The van der Waals surface area contributed by atoms with Crippen LogP contribution in [0.1, 0.15) is 87.9 Å². The molecule has 0 amide bonds. The molecule has 0 unspecified atom stereocenters. The standard InChI is InChI=1S/C57H76Cl2N2O11S2Si2/c1-15-27-65-32-43(33-68-74(63,64)34-39-21-17-16-18-22-39)69-51-49(58)37(2)46(38(3)50(51)59)47-48-53(60-35-61-54(48)73-52(47)40-23-19-20-24-40)70-45(55(62)71-56(4,5)6)31-41-30-42(72-76(13,14)57(7,8)9)25-26-44(41)67-36-66-28-29-75(10,11)12/h15-18,21-23,25-26,30,35,43,45H,1,19-20,24,27-29,31-34,36H2,2-14H3/t43-,45-/m1/s1. The summed E-state index contributed by atoms with van der Waals surface area (Å²) in [4.78, 5) is 25.7. The number of benzene rings is 3. The Morgan fingerprint density at radius 1 is 0.908 bits per heavy atom. The molecule has 0 bridgehead atoms. The van der Waals surface area contributed by atoms with E-state index in [1.54, 1.807) is 30.3 Å². The molecule has 3 aromatic carbocycles. The monoisotopic (exact) mass is 1150 g/mol. The lowest BCUT2D eigenvalue weighted by Gasteiger charge is -2.36. The molecular formula is C57H76Cl2N2O11S2Si2. The van der Waals surface area contributed by atoms with Gasteiger partial charge in [0.05, 0.1) is 28.6 Å². The summed E-state index contributed by atoms with van der Waals surface area (Å²) in [5.74, 6) is 0.525. The lowest BCUT2D eigenvalue weighted by atomic mass is 9.91. The second-order valence-electron chi connectivity index (χ2n) is 22.9. The Bertz CT molecular complexity index is 2950. The van der Waals surface area contributed by atoms with E-state index in [0.29, 0.717) is 56.1 Å². The SMILES string of the molecule is C=CCOC[C@H](COS(=O)(=O)Cc1ccccc1)Oc1c(Cl)c(C)c(-c2c(C3=CCCC3)sc3ncnc(O[C@H](Cc4cc(O[Si](C)(C)C(C)(C)C)ccc4OCOCC[Si](C)(C)C)C(=O)OC(C)(C)C)c23)c(C)c1Cl. The van der Waals surface area contributed by atoms with Crippen molar-refractivity contribution >= 4 is 82.8 Å². The van der Waals surface area contributed by atoms with Crippen molar-refractivity contribution in [2.24, 2.45) is 0 Å². The van der Waals surface area contributed by atoms with E-state index in [-0.39, 0.29) is 65.5 Å². The van der Waals surface area contributed by atoms with Gasteiger partial charge in [0.15, 0.2) is 12.5 Å². The maximum absolute atomic E-state index is 14.6. The van der Waals surface area contributed by atoms with Crippen molar-refractivity contribution in [2.45, 2.75) is 148 Å². The molecule has 1 aliphatic carbocycles. The normalized spacial score (nSPS) is 14.3. The maximum Gasteiger partial charge on any atom is 0.348 e. The van der Waals surface area contributed by atoms with Crippen molar-refractivity contribution in [1.29, 1.82) is 0 Å². The van der Waals surface area contributed by atoms with Gasteiger partial charge in [-0.1, -0.05) is 106 Å². The first-order valence-electron chi connectivity index (χ1n) is 25.7. The largest absolute Gasteiger partial charge is 0.543 e. The van der Waals surface area contributed by atoms with Gasteiger partial charge in [-0.05, 0) is 124 Å². The summed E-state index contributed by atoms with van der Waals surface area (Å²) in [6.07, 6.45) is 5.77. The number of halogens is 2. The fraction of sp³-hybridized carbons (Fsp3) is 0.491. The lowest BCUT2D eigenvalue weighted by Crippen LogP contribution is -2.43. The maximum atomic E-state index is 14.6. The lowest BCUT2D eigenvalue weighted by molar-refractivity contribution is -0.163. The van der Waals surface area contributed by atoms with Gasteiger partial charge < -0.3 is 32.8 Å². The predicted octanol–water partition coefficient (Wildman–Crippen LogP) is 14.8. The molecule has 2 heterocycles. The first-order chi connectivity index (χ1) is 35.6. The summed E-state index contributed by atoms with van der Waals surface area (Å²) in [6, 6.07) is 15.4. The van der Waals surface area contributed by atoms with Gasteiger partial charge in [0, 0.05) is 37.1 Å². The number of thiophene rings is 1. The fourth-order valence-electron chi connectivity index (χ4n) is 8.10. The summed E-state index contributed by atoms with van der Waals surface area (Å²) < 4.78 is 76.3. The summed E-state index contributed by atoms with van der Waals surface area (Å²) >= 11 is 16.2. The second kappa shape index (κ2) is 25.7. The molecule has 0 radical (unpaired) electrons. The van der Waals surface area contributed by atoms with E-state index in [4.69, 9.17) is 70.2 Å². The minimum atomic E-state index is -4.02. The number of hydrogen-bond donors (Lipinski definition) is 0. The number of ether oxygens (including phenoxy) is 6. The molecule has 6 rings (SSSR count). The Kier molecular flexibility index (Phi) is 20.6. The van der Waals surface area contributed by atoms with E-state index in [2.05, 4.69) is 66.2 Å². The zero-order valence-corrected chi connectivity index (χ0v) is 51.6. The third-order valence-electron chi connectivity index (χ3n) is 13.1. The fourth-order valence-corrected chi connectivity index (χ4v) is 12.6. The Morgan fingerprint density at radius 3 is 2.22 bits per heavy atom. The third-order valence-corrected chi connectivity index (χ3v) is 22.4. The molecule has 1 aliphatic rings. The number of hydrogen-bond acceptors (Lipinski definition) is 14. The third kappa shape index (κ3) is 16.4. The van der Waals surface area contributed by atoms with Gasteiger partial charge in [-0.15, -0.1) is 17.9 Å². The number of aromatic nitrogens is 2. The van der Waals surface area contributed by atoms with Crippen LogP contribution in [0, 0.1) is 13.8 Å². The van der Waals surface area contributed by atoms with Crippen LogP contribution in [0.15, 0.2) is 73.6 Å². The van der Waals surface area contributed by atoms with Crippen molar-refractivity contribution in [3.63, 3.8) is 0 Å². The number of esters is 1. The first-order valence-corrected chi connectivity index (χ1v) is 35.5. The molecule has 2 aromatic heterocycles. The van der Waals surface area contributed by atoms with Crippen LogP contribution in [0.4, 0.5) is 0 Å². The van der Waals surface area contributed by atoms with Crippen LogP contribution in [0.25, 0.3) is 26.9 Å². The number of carbonyl (C=O) groups excluding carboxylic acids is 1. The highest BCUT2D eigenvalue weighted by molar-refractivity contribution is 7.85. The van der Waals surface area contributed by atoms with Gasteiger partial charge in [-0.25, -0.2) is 14.8 Å². The van der Waals surface area contributed by atoms with Crippen LogP contribution in [0.3, 0.4) is 0 Å². The average molecular weight is 1160 g/mol. The highest BCUT2D eigenvalue weighted by Gasteiger charge is 2.40. The van der Waals surface area contributed by atoms with E-state index >= 15 is 0 Å². The summed E-state index contributed by atoms with van der Waals surface area (Å²) in [5.41, 5.74) is 4.17. The van der Waals surface area contributed by atoms with Gasteiger partial charge in [-0.2, -0.15) is 8.42 Å². The summed E-state index contributed by atoms with van der Waals surface area (Å²) in [6.45, 7) is 31.1. The number of rotatable bonds is 26. The average Bonchev–Trinajstić information content (AvgIpc) is 4.00. The molecule has 76 heavy (non-hydrogen) atoms. The van der Waals surface area contributed by atoms with E-state index in [9.17, 15) is 13.2 Å². The Labute approximate surface area is 466 Å². The van der Waals surface area contributed by atoms with Crippen molar-refractivity contribution in [3.05, 3.63) is 111 Å². The highest BCUT2D eigenvalue weighted by Crippen LogP contribution is 2.53. The van der Waals surface area contributed by atoms with Gasteiger partial charge in [0.1, 0.15) is 46.7 Å². The molecule has 0 fully saturated rings. The molecule has 0 spiro atoms. The Hall–Kier alpha value is -4.31. The topological polar surface area (TPSA) is 151 Å². The quantitative estimate of drug-likeness (QED) is 0.0129. The molecule has 0 saturated carbocycles. The molecule has 13 nitrogen and oxygen atoms in total. The number of allylic oxidation sites excluding steroid dienone is 2. The minimum absolute atomic E-state index is 0.0170. The number of carbonyl (C=O) groups is 1. The van der Waals surface area contributed by atoms with Crippen molar-refractivity contribution in [3.8, 4) is 34.3 Å². The molecule has 414 valence electrons. The summed E-state index contributed by atoms with van der Waals surface area (Å²) in [7, 11) is -7.68. The smallest absolute Gasteiger partial charge is 0.348 e. The van der Waals surface area contributed by atoms with Crippen LogP contribution in [0.5, 0.6) is 23.1 Å². The zero-order chi connectivity index (χ0) is 55.8. The van der Waals surface area contributed by atoms with E-state index in [1.807, 2.05) is 58.9 Å². The second-order valence-corrected chi connectivity index (χ2v) is 36.6. The molecule has 0 N–H and O–H groups in total. The van der Waals surface area contributed by atoms with Crippen molar-refractivity contribution < 1.29 is 50.2 Å². The predicted molar refractivity (Wildman–Crippen MR) is 312 cm³/mol. The minimum Gasteiger partial charge on any atom is -0.543 e.